The quantitative estimate of drug-likeness (QED) is 0.691. The van der Waals surface area contributed by atoms with Gasteiger partial charge in [0.15, 0.2) is 11.5 Å². The van der Waals surface area contributed by atoms with Crippen molar-refractivity contribution in [2.24, 2.45) is 11.8 Å². The highest BCUT2D eigenvalue weighted by molar-refractivity contribution is 5.94. The monoisotopic (exact) mass is 474 g/mol. The number of rotatable bonds is 6. The number of hydrogen-bond acceptors (Lipinski definition) is 5. The van der Waals surface area contributed by atoms with E-state index in [4.69, 9.17) is 4.52 Å². The van der Waals surface area contributed by atoms with Crippen LogP contribution in [0.25, 0.3) is 11.3 Å². The summed E-state index contributed by atoms with van der Waals surface area (Å²) in [4.78, 5) is 30.0. The van der Waals surface area contributed by atoms with Gasteiger partial charge in [-0.3, -0.25) is 14.5 Å². The van der Waals surface area contributed by atoms with E-state index in [0.717, 1.165) is 31.5 Å². The van der Waals surface area contributed by atoms with Crippen molar-refractivity contribution in [3.8, 4) is 11.3 Å². The number of halogens is 2. The molecular weight excluding hydrogens is 442 g/mol. The fourth-order valence-corrected chi connectivity index (χ4v) is 5.45. The Kier molecular flexibility index (Phi) is 7.30. The van der Waals surface area contributed by atoms with E-state index < -0.39 is 17.5 Å². The molecule has 4 atom stereocenters. The third-order valence-electron chi connectivity index (χ3n) is 7.27. The van der Waals surface area contributed by atoms with Gasteiger partial charge in [-0.15, -0.1) is 0 Å². The van der Waals surface area contributed by atoms with E-state index in [1.165, 1.54) is 25.0 Å². The van der Waals surface area contributed by atoms with Crippen molar-refractivity contribution in [2.75, 3.05) is 27.2 Å². The number of nitrogens with one attached hydrogen (secondary N) is 1. The molecule has 0 unspecified atom stereocenters. The molecule has 1 aliphatic heterocycles. The van der Waals surface area contributed by atoms with E-state index in [0.29, 0.717) is 24.9 Å². The van der Waals surface area contributed by atoms with Gasteiger partial charge >= 0.3 is 0 Å². The molecule has 2 fully saturated rings. The summed E-state index contributed by atoms with van der Waals surface area (Å²) in [7, 11) is 3.46. The lowest BCUT2D eigenvalue weighted by Crippen LogP contribution is -2.58. The number of piperidine rings is 1. The Morgan fingerprint density at radius 1 is 1.21 bits per heavy atom. The lowest BCUT2D eigenvalue weighted by Gasteiger charge is -2.43. The number of hydrogen-bond donors (Lipinski definition) is 1. The number of nitrogens with zero attached hydrogens (tertiary/aromatic N) is 3. The summed E-state index contributed by atoms with van der Waals surface area (Å²) in [6, 6.07) is 4.57. The van der Waals surface area contributed by atoms with Crippen LogP contribution in [0.15, 0.2) is 28.8 Å². The van der Waals surface area contributed by atoms with E-state index in [1.54, 1.807) is 19.0 Å². The van der Waals surface area contributed by atoms with Crippen molar-refractivity contribution in [1.82, 2.24) is 20.3 Å². The molecule has 2 heterocycles. The summed E-state index contributed by atoms with van der Waals surface area (Å²) >= 11 is 0. The first-order valence-electron chi connectivity index (χ1n) is 12.0. The first kappa shape index (κ1) is 24.3. The van der Waals surface area contributed by atoms with Crippen molar-refractivity contribution < 1.29 is 22.9 Å². The molecule has 1 aromatic heterocycles. The minimum atomic E-state index is -0.801. The number of likely N-dealkylation sites (tertiary alicyclic amines) is 1. The zero-order chi connectivity index (χ0) is 24.4. The molecule has 2 aliphatic rings. The summed E-state index contributed by atoms with van der Waals surface area (Å²) in [5.74, 6) is -1.69. The second-order valence-corrected chi connectivity index (χ2v) is 9.57. The average Bonchev–Trinajstić information content (AvgIpc) is 3.48. The van der Waals surface area contributed by atoms with Crippen molar-refractivity contribution in [3.05, 3.63) is 41.6 Å². The van der Waals surface area contributed by atoms with Crippen LogP contribution in [0.5, 0.6) is 0 Å². The number of aromatic nitrogens is 1. The van der Waals surface area contributed by atoms with Crippen LogP contribution in [0, 0.1) is 23.5 Å². The number of carbonyl (C=O) groups excluding carboxylic acids is 2. The van der Waals surface area contributed by atoms with E-state index in [1.807, 2.05) is 0 Å². The third kappa shape index (κ3) is 4.99. The molecule has 7 nitrogen and oxygen atoms in total. The van der Waals surface area contributed by atoms with Gasteiger partial charge < -0.3 is 14.7 Å². The molecule has 1 N–H and O–H groups in total. The lowest BCUT2D eigenvalue weighted by molar-refractivity contribution is -0.136. The second-order valence-electron chi connectivity index (χ2n) is 9.57. The Morgan fingerprint density at radius 3 is 2.71 bits per heavy atom. The molecule has 2 aromatic rings. The molecule has 184 valence electrons. The van der Waals surface area contributed by atoms with Gasteiger partial charge in [-0.1, -0.05) is 24.9 Å². The number of benzene rings is 1. The van der Waals surface area contributed by atoms with Crippen molar-refractivity contribution >= 4 is 11.8 Å². The van der Waals surface area contributed by atoms with Gasteiger partial charge in [0.2, 0.25) is 5.91 Å². The molecule has 1 aromatic carbocycles. The summed E-state index contributed by atoms with van der Waals surface area (Å²) in [5.41, 5.74) is 0.00279. The van der Waals surface area contributed by atoms with Crippen LogP contribution >= 0.6 is 0 Å². The van der Waals surface area contributed by atoms with E-state index in [-0.39, 0.29) is 34.9 Å². The maximum atomic E-state index is 14.1. The van der Waals surface area contributed by atoms with Gasteiger partial charge in [-0.05, 0) is 37.3 Å². The molecule has 1 saturated carbocycles. The Balaban J connectivity index is 1.48. The smallest absolute Gasteiger partial charge is 0.273 e. The van der Waals surface area contributed by atoms with Crippen LogP contribution in [0.3, 0.4) is 0 Å². The minimum Gasteiger partial charge on any atom is -0.355 e. The van der Waals surface area contributed by atoms with Crippen molar-refractivity contribution in [1.29, 1.82) is 0 Å². The first-order valence-corrected chi connectivity index (χ1v) is 12.0. The van der Waals surface area contributed by atoms with Crippen LogP contribution in [-0.4, -0.2) is 66.0 Å². The van der Waals surface area contributed by atoms with E-state index in [9.17, 15) is 18.4 Å². The average molecular weight is 475 g/mol. The second kappa shape index (κ2) is 10.2. The number of amides is 2. The van der Waals surface area contributed by atoms with Crippen LogP contribution in [0.1, 0.15) is 49.5 Å². The van der Waals surface area contributed by atoms with Gasteiger partial charge in [0.05, 0.1) is 11.5 Å². The Morgan fingerprint density at radius 2 is 2.00 bits per heavy atom. The van der Waals surface area contributed by atoms with Crippen LogP contribution in [0.2, 0.25) is 0 Å². The third-order valence-corrected chi connectivity index (χ3v) is 7.27. The van der Waals surface area contributed by atoms with Crippen LogP contribution < -0.4 is 5.32 Å². The van der Waals surface area contributed by atoms with E-state index in [2.05, 4.69) is 22.3 Å². The molecule has 1 aliphatic carbocycles. The SMILES string of the molecule is CC[C@@H]1CCC[C@@H]1N1CC[C@H](NC(=O)c2cc(-c3ccc(F)cc3F)on2)[C@@H](C(=O)N(C)C)C1. The van der Waals surface area contributed by atoms with Gasteiger partial charge in [-0.2, -0.15) is 0 Å². The molecule has 2 amide bonds. The minimum absolute atomic E-state index is 0.0148. The Bertz CT molecular complexity index is 1040. The van der Waals surface area contributed by atoms with Crippen molar-refractivity contribution in [2.45, 2.75) is 51.1 Å². The summed E-state index contributed by atoms with van der Waals surface area (Å²) in [6.45, 7) is 3.64. The normalized spacial score (nSPS) is 25.3. The highest BCUT2D eigenvalue weighted by atomic mass is 19.1. The van der Waals surface area contributed by atoms with Crippen LogP contribution in [-0.2, 0) is 4.79 Å². The molecule has 0 spiro atoms. The lowest BCUT2D eigenvalue weighted by atomic mass is 9.88. The zero-order valence-corrected chi connectivity index (χ0v) is 19.9. The standard InChI is InChI=1S/C25H32F2N4O3/c1-4-15-6-5-7-22(15)31-11-10-20(18(14-31)25(33)30(2)3)28-24(32)21-13-23(34-29-21)17-9-8-16(26)12-19(17)27/h8-9,12-13,15,18,20,22H,4-7,10-11,14H2,1-3H3,(H,28,32)/t15-,18+,20+,22+/m1/s1. The highest BCUT2D eigenvalue weighted by Crippen LogP contribution is 2.35. The summed E-state index contributed by atoms with van der Waals surface area (Å²) in [5, 5.41) is 6.73. The van der Waals surface area contributed by atoms with Crippen molar-refractivity contribution in [3.63, 3.8) is 0 Å². The zero-order valence-electron chi connectivity index (χ0n) is 19.9. The number of carbonyl (C=O) groups is 2. The molecule has 0 radical (unpaired) electrons. The molecule has 4 rings (SSSR count). The maximum Gasteiger partial charge on any atom is 0.273 e. The Hall–Kier alpha value is -2.81. The Labute approximate surface area is 198 Å². The van der Waals surface area contributed by atoms with Gasteiger partial charge in [0.1, 0.15) is 11.6 Å². The maximum absolute atomic E-state index is 14.1. The first-order chi connectivity index (χ1) is 16.3. The topological polar surface area (TPSA) is 78.7 Å². The molecular formula is C25H32F2N4O3. The van der Waals surface area contributed by atoms with Crippen LogP contribution in [0.4, 0.5) is 8.78 Å². The summed E-state index contributed by atoms with van der Waals surface area (Å²) < 4.78 is 32.4. The molecule has 1 saturated heterocycles. The molecule has 0 bridgehead atoms. The summed E-state index contributed by atoms with van der Waals surface area (Å²) in [6.07, 6.45) is 5.39. The largest absolute Gasteiger partial charge is 0.355 e. The molecule has 9 heteroatoms. The van der Waals surface area contributed by atoms with Gasteiger partial charge in [0.25, 0.3) is 5.91 Å². The highest BCUT2D eigenvalue weighted by Gasteiger charge is 2.41. The predicted molar refractivity (Wildman–Crippen MR) is 123 cm³/mol. The van der Waals surface area contributed by atoms with Gasteiger partial charge in [-0.25, -0.2) is 8.78 Å². The predicted octanol–water partition coefficient (Wildman–Crippen LogP) is 3.71. The van der Waals surface area contributed by atoms with Gasteiger partial charge in [0, 0.05) is 51.4 Å². The fourth-order valence-electron chi connectivity index (χ4n) is 5.45. The fraction of sp³-hybridized carbons (Fsp3) is 0.560. The van der Waals surface area contributed by atoms with E-state index >= 15 is 0 Å². The molecule has 34 heavy (non-hydrogen) atoms.